The maximum absolute atomic E-state index is 13.0. The first kappa shape index (κ1) is 18.8. The van der Waals surface area contributed by atoms with Crippen molar-refractivity contribution in [3.8, 4) is 0 Å². The van der Waals surface area contributed by atoms with Crippen LogP contribution in [-0.4, -0.2) is 43.5 Å². The van der Waals surface area contributed by atoms with E-state index in [0.717, 1.165) is 24.5 Å². The average Bonchev–Trinajstić information content (AvgIpc) is 2.62. The molecule has 0 atom stereocenters. The third-order valence-corrected chi connectivity index (χ3v) is 4.79. The lowest BCUT2D eigenvalue weighted by atomic mass is 10.2. The maximum Gasteiger partial charge on any atom is 0.224 e. The molecule has 0 aliphatic carbocycles. The van der Waals surface area contributed by atoms with Crippen LogP contribution in [0.25, 0.3) is 0 Å². The molecule has 1 saturated heterocycles. The first-order chi connectivity index (χ1) is 12.5. The average molecular weight is 396 g/mol. The lowest BCUT2D eigenvalue weighted by Gasteiger charge is -2.36. The molecule has 0 saturated carbocycles. The smallest absolute Gasteiger partial charge is 0.224 e. The van der Waals surface area contributed by atoms with Crippen LogP contribution in [-0.2, 0) is 4.79 Å². The van der Waals surface area contributed by atoms with E-state index < -0.39 is 0 Å². The van der Waals surface area contributed by atoms with Crippen LogP contribution >= 0.6 is 23.2 Å². The van der Waals surface area contributed by atoms with E-state index >= 15 is 0 Å². The summed E-state index contributed by atoms with van der Waals surface area (Å²) >= 11 is 11.9. The second kappa shape index (κ2) is 8.60. The third-order valence-electron chi connectivity index (χ3n) is 4.35. The Bertz CT molecular complexity index is 742. The van der Waals surface area contributed by atoms with E-state index in [-0.39, 0.29) is 11.7 Å². The van der Waals surface area contributed by atoms with Gasteiger partial charge in [0.1, 0.15) is 5.82 Å². The van der Waals surface area contributed by atoms with E-state index in [1.807, 2.05) is 4.90 Å². The number of hydrogen-bond acceptors (Lipinski definition) is 3. The number of carbonyl (C=O) groups is 1. The highest BCUT2D eigenvalue weighted by molar-refractivity contribution is 6.35. The highest BCUT2D eigenvalue weighted by atomic mass is 35.5. The van der Waals surface area contributed by atoms with Gasteiger partial charge < -0.3 is 15.1 Å². The molecule has 0 unspecified atom stereocenters. The molecular weight excluding hydrogens is 376 g/mol. The van der Waals surface area contributed by atoms with Crippen LogP contribution in [0.1, 0.15) is 6.42 Å². The van der Waals surface area contributed by atoms with Gasteiger partial charge in [0.05, 0.1) is 0 Å². The van der Waals surface area contributed by atoms with E-state index in [4.69, 9.17) is 23.2 Å². The summed E-state index contributed by atoms with van der Waals surface area (Å²) in [4.78, 5) is 16.4. The van der Waals surface area contributed by atoms with E-state index in [1.54, 1.807) is 30.3 Å². The minimum Gasteiger partial charge on any atom is -0.384 e. The van der Waals surface area contributed by atoms with Crippen molar-refractivity contribution in [2.24, 2.45) is 0 Å². The third kappa shape index (κ3) is 5.02. The number of hydrogen-bond donors (Lipinski definition) is 1. The summed E-state index contributed by atoms with van der Waals surface area (Å²) in [5.74, 6) is -0.125. The van der Waals surface area contributed by atoms with Gasteiger partial charge in [-0.05, 0) is 42.5 Å². The molecule has 0 spiro atoms. The van der Waals surface area contributed by atoms with Gasteiger partial charge in [-0.3, -0.25) is 4.79 Å². The van der Waals surface area contributed by atoms with Crippen molar-refractivity contribution in [2.45, 2.75) is 6.42 Å². The Morgan fingerprint density at radius 2 is 1.62 bits per heavy atom. The van der Waals surface area contributed by atoms with Gasteiger partial charge in [-0.2, -0.15) is 0 Å². The van der Waals surface area contributed by atoms with E-state index in [1.165, 1.54) is 12.1 Å². The van der Waals surface area contributed by atoms with Gasteiger partial charge >= 0.3 is 0 Å². The fourth-order valence-electron chi connectivity index (χ4n) is 2.99. The standard InChI is InChI=1S/C19H20Cl2FN3O/c20-14-11-15(21)13-17(12-14)23-6-5-19(26)25-9-7-24(8-10-25)18-3-1-16(22)2-4-18/h1-4,11-13,23H,5-10H2. The number of piperazine rings is 1. The molecule has 4 nitrogen and oxygen atoms in total. The van der Waals surface area contributed by atoms with E-state index in [0.29, 0.717) is 36.1 Å². The fourth-order valence-corrected chi connectivity index (χ4v) is 3.52. The molecule has 138 valence electrons. The molecular formula is C19H20Cl2FN3O. The fraction of sp³-hybridized carbons (Fsp3) is 0.316. The molecule has 7 heteroatoms. The van der Waals surface area contributed by atoms with Crippen LogP contribution in [0, 0.1) is 5.82 Å². The van der Waals surface area contributed by atoms with Crippen LogP contribution < -0.4 is 10.2 Å². The molecule has 1 amide bonds. The van der Waals surface area contributed by atoms with Gasteiger partial charge in [0.25, 0.3) is 0 Å². The summed E-state index contributed by atoms with van der Waals surface area (Å²) in [7, 11) is 0. The van der Waals surface area contributed by atoms with Crippen LogP contribution in [0.2, 0.25) is 10.0 Å². The number of nitrogens with zero attached hydrogens (tertiary/aromatic N) is 2. The number of rotatable bonds is 5. The molecule has 26 heavy (non-hydrogen) atoms. The van der Waals surface area contributed by atoms with Crippen LogP contribution in [0.4, 0.5) is 15.8 Å². The predicted molar refractivity (Wildman–Crippen MR) is 105 cm³/mol. The van der Waals surface area contributed by atoms with Crippen molar-refractivity contribution in [1.29, 1.82) is 0 Å². The summed E-state index contributed by atoms with van der Waals surface area (Å²) in [5.41, 5.74) is 1.79. The van der Waals surface area contributed by atoms with Crippen molar-refractivity contribution >= 4 is 40.5 Å². The molecule has 2 aromatic rings. The normalized spacial score (nSPS) is 14.4. The lowest BCUT2D eigenvalue weighted by Crippen LogP contribution is -2.49. The second-order valence-electron chi connectivity index (χ2n) is 6.18. The van der Waals surface area contributed by atoms with Gasteiger partial charge in [0, 0.05) is 60.6 Å². The van der Waals surface area contributed by atoms with Crippen molar-refractivity contribution in [2.75, 3.05) is 42.9 Å². The Hall–Kier alpha value is -1.98. The summed E-state index contributed by atoms with van der Waals surface area (Å²) in [6.45, 7) is 3.34. The number of halogens is 3. The largest absolute Gasteiger partial charge is 0.384 e. The molecule has 1 N–H and O–H groups in total. The zero-order valence-electron chi connectivity index (χ0n) is 14.2. The Kier molecular flexibility index (Phi) is 6.22. The highest BCUT2D eigenvalue weighted by Crippen LogP contribution is 2.22. The van der Waals surface area contributed by atoms with Gasteiger partial charge in [0.2, 0.25) is 5.91 Å². The quantitative estimate of drug-likeness (QED) is 0.820. The van der Waals surface area contributed by atoms with Crippen molar-refractivity contribution < 1.29 is 9.18 Å². The molecule has 0 aromatic heterocycles. The zero-order valence-corrected chi connectivity index (χ0v) is 15.7. The van der Waals surface area contributed by atoms with Crippen molar-refractivity contribution in [3.63, 3.8) is 0 Å². The second-order valence-corrected chi connectivity index (χ2v) is 7.05. The molecule has 0 radical (unpaired) electrons. The Labute approximate surface area is 162 Å². The first-order valence-corrected chi connectivity index (χ1v) is 9.25. The molecule has 0 bridgehead atoms. The lowest BCUT2D eigenvalue weighted by molar-refractivity contribution is -0.131. The predicted octanol–water partition coefficient (Wildman–Crippen LogP) is 4.28. The molecule has 1 heterocycles. The minimum atomic E-state index is -0.240. The number of carbonyl (C=O) groups excluding carboxylic acids is 1. The maximum atomic E-state index is 13.0. The number of anilines is 2. The van der Waals surface area contributed by atoms with Crippen LogP contribution in [0.5, 0.6) is 0 Å². The molecule has 2 aromatic carbocycles. The first-order valence-electron chi connectivity index (χ1n) is 8.49. The van der Waals surface area contributed by atoms with Gasteiger partial charge in [-0.15, -0.1) is 0 Å². The number of benzene rings is 2. The Balaban J connectivity index is 1.44. The minimum absolute atomic E-state index is 0.115. The van der Waals surface area contributed by atoms with Gasteiger partial charge in [-0.25, -0.2) is 4.39 Å². The van der Waals surface area contributed by atoms with Gasteiger partial charge in [0.15, 0.2) is 0 Å². The van der Waals surface area contributed by atoms with Crippen molar-refractivity contribution in [3.05, 3.63) is 58.3 Å². The SMILES string of the molecule is O=C(CCNc1cc(Cl)cc(Cl)c1)N1CCN(c2ccc(F)cc2)CC1. The Morgan fingerprint density at radius 3 is 2.23 bits per heavy atom. The zero-order chi connectivity index (χ0) is 18.5. The molecule has 3 rings (SSSR count). The molecule has 1 aliphatic rings. The summed E-state index contributed by atoms with van der Waals surface area (Å²) in [6, 6.07) is 11.7. The number of amides is 1. The summed E-state index contributed by atoms with van der Waals surface area (Å²) in [6.07, 6.45) is 0.403. The Morgan fingerprint density at radius 1 is 1.00 bits per heavy atom. The molecule has 1 aliphatic heterocycles. The van der Waals surface area contributed by atoms with Crippen LogP contribution in [0.3, 0.4) is 0 Å². The van der Waals surface area contributed by atoms with E-state index in [2.05, 4.69) is 10.2 Å². The summed E-state index contributed by atoms with van der Waals surface area (Å²) in [5, 5.41) is 4.29. The van der Waals surface area contributed by atoms with Crippen LogP contribution in [0.15, 0.2) is 42.5 Å². The monoisotopic (exact) mass is 395 g/mol. The van der Waals surface area contributed by atoms with E-state index in [9.17, 15) is 9.18 Å². The molecule has 1 fully saturated rings. The van der Waals surface area contributed by atoms with Crippen molar-refractivity contribution in [1.82, 2.24) is 4.90 Å². The highest BCUT2D eigenvalue weighted by Gasteiger charge is 2.20. The summed E-state index contributed by atoms with van der Waals surface area (Å²) < 4.78 is 13.0. The topological polar surface area (TPSA) is 35.6 Å². The van der Waals surface area contributed by atoms with Gasteiger partial charge in [-0.1, -0.05) is 23.2 Å². The number of nitrogens with one attached hydrogen (secondary N) is 1.